The van der Waals surface area contributed by atoms with Crippen molar-refractivity contribution >= 4 is 63.5 Å². The molecule has 0 fully saturated rings. The number of benzene rings is 2. The summed E-state index contributed by atoms with van der Waals surface area (Å²) in [5.41, 5.74) is 0.917. The number of amides is 2. The third kappa shape index (κ3) is 8.76. The van der Waals surface area contributed by atoms with Crippen LogP contribution in [0.15, 0.2) is 35.3 Å². The van der Waals surface area contributed by atoms with Crippen LogP contribution >= 0.6 is 34.2 Å². The molecule has 0 spiro atoms. The highest BCUT2D eigenvalue weighted by Crippen LogP contribution is 2.34. The Bertz CT molecular complexity index is 1220. The van der Waals surface area contributed by atoms with E-state index in [2.05, 4.69) is 20.9 Å². The van der Waals surface area contributed by atoms with Gasteiger partial charge in [0.05, 0.1) is 29.2 Å². The van der Waals surface area contributed by atoms with Crippen molar-refractivity contribution in [2.45, 2.75) is 45.1 Å². The number of aliphatic imine (C=N–C) groups is 1. The Kier molecular flexibility index (Phi) is 11.0. The standard InChI is InChI=1S/C26H30ClIN4O6/c1-2-38-24(35)13-21(19-10-16(27)11-20(28)25(19)36)32-23(34)14-30-26(37)15-8-17(12-18(33)9-15)31-22-6-4-3-5-7-29-22/h8-12,21,33,36H,2-7,13-14H2,1H3,(H,29,31)(H,30,37)(H,32,34)/t21-/m1/s1. The quantitative estimate of drug-likeness (QED) is 0.200. The molecule has 0 radical (unpaired) electrons. The summed E-state index contributed by atoms with van der Waals surface area (Å²) in [5, 5.41) is 29.3. The van der Waals surface area contributed by atoms with Crippen LogP contribution in [0.1, 0.15) is 61.0 Å². The lowest BCUT2D eigenvalue weighted by molar-refractivity contribution is -0.143. The zero-order valence-electron chi connectivity index (χ0n) is 20.9. The summed E-state index contributed by atoms with van der Waals surface area (Å²) in [5.74, 6) is -1.19. The average molecular weight is 657 g/mol. The van der Waals surface area contributed by atoms with E-state index >= 15 is 0 Å². The number of hydrogen-bond acceptors (Lipinski definition) is 8. The van der Waals surface area contributed by atoms with Crippen molar-refractivity contribution in [1.82, 2.24) is 10.6 Å². The predicted molar refractivity (Wildman–Crippen MR) is 153 cm³/mol. The molecule has 1 aliphatic heterocycles. The molecule has 5 N–H and O–H groups in total. The van der Waals surface area contributed by atoms with E-state index < -0.39 is 30.4 Å². The van der Waals surface area contributed by atoms with Crippen LogP contribution in [0.3, 0.4) is 0 Å². The van der Waals surface area contributed by atoms with Crippen LogP contribution in [-0.4, -0.2) is 53.5 Å². The first-order chi connectivity index (χ1) is 18.2. The monoisotopic (exact) mass is 656 g/mol. The third-order valence-corrected chi connectivity index (χ3v) is 6.74. The molecule has 1 heterocycles. The van der Waals surface area contributed by atoms with E-state index in [0.717, 1.165) is 38.1 Å². The van der Waals surface area contributed by atoms with Crippen molar-refractivity contribution in [2.75, 3.05) is 25.0 Å². The van der Waals surface area contributed by atoms with E-state index in [0.29, 0.717) is 14.3 Å². The topological polar surface area (TPSA) is 149 Å². The number of anilines is 1. The van der Waals surface area contributed by atoms with Crippen molar-refractivity contribution in [3.63, 3.8) is 0 Å². The van der Waals surface area contributed by atoms with Crippen molar-refractivity contribution in [2.24, 2.45) is 4.99 Å². The normalized spacial score (nSPS) is 14.0. The number of halogens is 2. The zero-order chi connectivity index (χ0) is 27.7. The number of rotatable bonds is 9. The number of aromatic hydroxyl groups is 2. The fourth-order valence-electron chi connectivity index (χ4n) is 3.94. The van der Waals surface area contributed by atoms with Gasteiger partial charge < -0.3 is 30.9 Å². The van der Waals surface area contributed by atoms with Crippen LogP contribution in [0.5, 0.6) is 11.5 Å². The number of nitrogens with one attached hydrogen (secondary N) is 3. The molecular weight excluding hydrogens is 627 g/mol. The van der Waals surface area contributed by atoms with Gasteiger partial charge in [0, 0.05) is 40.9 Å². The molecule has 0 unspecified atom stereocenters. The Morgan fingerprint density at radius 1 is 1.13 bits per heavy atom. The van der Waals surface area contributed by atoms with E-state index in [1.165, 1.54) is 18.2 Å². The molecule has 0 aliphatic carbocycles. The number of amidine groups is 1. The number of nitrogens with zero attached hydrogens (tertiary/aromatic N) is 1. The number of phenolic OH excluding ortho intramolecular Hbond substituents is 2. The highest BCUT2D eigenvalue weighted by molar-refractivity contribution is 14.1. The number of hydrogen-bond donors (Lipinski definition) is 5. The van der Waals surface area contributed by atoms with Gasteiger partial charge in [-0.05, 0) is 66.6 Å². The second-order valence-electron chi connectivity index (χ2n) is 8.67. The SMILES string of the molecule is CCOC(=O)C[C@@H](NC(=O)CNC(=O)c1cc(O)cc(NC2=NCCCCC2)c1)c1cc(Cl)cc(I)c1O. The summed E-state index contributed by atoms with van der Waals surface area (Å²) in [6, 6.07) is 6.42. The van der Waals surface area contributed by atoms with Crippen LogP contribution in [-0.2, 0) is 14.3 Å². The maximum absolute atomic E-state index is 12.8. The molecule has 204 valence electrons. The number of carbonyl (C=O) groups is 3. The highest BCUT2D eigenvalue weighted by atomic mass is 127. The van der Waals surface area contributed by atoms with Gasteiger partial charge in [0.1, 0.15) is 17.3 Å². The largest absolute Gasteiger partial charge is 0.508 e. The summed E-state index contributed by atoms with van der Waals surface area (Å²) < 4.78 is 5.45. The minimum Gasteiger partial charge on any atom is -0.508 e. The van der Waals surface area contributed by atoms with E-state index in [-0.39, 0.29) is 35.7 Å². The summed E-state index contributed by atoms with van der Waals surface area (Å²) in [6.45, 7) is 2.13. The lowest BCUT2D eigenvalue weighted by Gasteiger charge is -2.20. The fourth-order valence-corrected chi connectivity index (χ4v) is 5.00. The molecule has 1 atom stereocenters. The Labute approximate surface area is 239 Å². The number of phenols is 2. The minimum absolute atomic E-state index is 0.112. The summed E-state index contributed by atoms with van der Waals surface area (Å²) in [6.07, 6.45) is 3.67. The van der Waals surface area contributed by atoms with Gasteiger partial charge in [0.15, 0.2) is 0 Å². The van der Waals surface area contributed by atoms with E-state index in [1.54, 1.807) is 19.1 Å². The number of esters is 1. The minimum atomic E-state index is -0.942. The Morgan fingerprint density at radius 3 is 2.68 bits per heavy atom. The van der Waals surface area contributed by atoms with Crippen LogP contribution in [0.4, 0.5) is 5.69 Å². The molecule has 0 saturated carbocycles. The maximum Gasteiger partial charge on any atom is 0.308 e. The first kappa shape index (κ1) is 29.5. The van der Waals surface area contributed by atoms with E-state index in [9.17, 15) is 24.6 Å². The second-order valence-corrected chi connectivity index (χ2v) is 10.3. The maximum atomic E-state index is 12.8. The average Bonchev–Trinajstić information content (AvgIpc) is 3.12. The third-order valence-electron chi connectivity index (χ3n) is 5.70. The van der Waals surface area contributed by atoms with Gasteiger partial charge in [-0.15, -0.1) is 0 Å². The molecule has 10 nitrogen and oxygen atoms in total. The molecule has 2 aromatic rings. The molecule has 0 bridgehead atoms. The summed E-state index contributed by atoms with van der Waals surface area (Å²) in [7, 11) is 0. The summed E-state index contributed by atoms with van der Waals surface area (Å²) >= 11 is 8.03. The Balaban J connectivity index is 1.68. The first-order valence-electron chi connectivity index (χ1n) is 12.2. The van der Waals surface area contributed by atoms with Crippen LogP contribution in [0, 0.1) is 3.57 Å². The van der Waals surface area contributed by atoms with Gasteiger partial charge >= 0.3 is 5.97 Å². The molecular formula is C26H30ClIN4O6. The molecule has 0 saturated heterocycles. The van der Waals surface area contributed by atoms with Gasteiger partial charge in [0.25, 0.3) is 5.91 Å². The lowest BCUT2D eigenvalue weighted by Crippen LogP contribution is -2.39. The fraction of sp³-hybridized carbons (Fsp3) is 0.385. The molecule has 38 heavy (non-hydrogen) atoms. The van der Waals surface area contributed by atoms with Gasteiger partial charge in [-0.1, -0.05) is 18.0 Å². The van der Waals surface area contributed by atoms with Crippen molar-refractivity contribution < 1.29 is 29.3 Å². The molecule has 0 aromatic heterocycles. The van der Waals surface area contributed by atoms with Crippen LogP contribution in [0.25, 0.3) is 0 Å². The summed E-state index contributed by atoms with van der Waals surface area (Å²) in [4.78, 5) is 42.2. The molecule has 2 aromatic carbocycles. The van der Waals surface area contributed by atoms with Gasteiger partial charge in [0.2, 0.25) is 5.91 Å². The Hall–Kier alpha value is -3.06. The zero-order valence-corrected chi connectivity index (χ0v) is 23.8. The van der Waals surface area contributed by atoms with E-state index in [4.69, 9.17) is 16.3 Å². The molecule has 1 aliphatic rings. The van der Waals surface area contributed by atoms with Crippen molar-refractivity contribution in [1.29, 1.82) is 0 Å². The van der Waals surface area contributed by atoms with Gasteiger partial charge in [-0.3, -0.25) is 19.4 Å². The second kappa shape index (κ2) is 14.2. The predicted octanol–water partition coefficient (Wildman–Crippen LogP) is 4.28. The van der Waals surface area contributed by atoms with Gasteiger partial charge in [-0.2, -0.15) is 0 Å². The lowest BCUT2D eigenvalue weighted by atomic mass is 10.0. The van der Waals surface area contributed by atoms with Crippen LogP contribution in [0.2, 0.25) is 5.02 Å². The number of carbonyl (C=O) groups excluding carboxylic acids is 3. The van der Waals surface area contributed by atoms with Crippen molar-refractivity contribution in [3.05, 3.63) is 50.1 Å². The highest BCUT2D eigenvalue weighted by Gasteiger charge is 2.24. The first-order valence-corrected chi connectivity index (χ1v) is 13.7. The van der Waals surface area contributed by atoms with Gasteiger partial charge in [-0.25, -0.2) is 0 Å². The molecule has 12 heteroatoms. The molecule has 3 rings (SSSR count). The smallest absolute Gasteiger partial charge is 0.308 e. The van der Waals surface area contributed by atoms with E-state index in [1.807, 2.05) is 22.6 Å². The molecule has 2 amide bonds. The van der Waals surface area contributed by atoms with Crippen LogP contribution < -0.4 is 16.0 Å². The van der Waals surface area contributed by atoms with Crippen molar-refractivity contribution in [3.8, 4) is 11.5 Å². The number of ether oxygens (including phenoxy) is 1. The Morgan fingerprint density at radius 2 is 1.92 bits per heavy atom.